The van der Waals surface area contributed by atoms with Gasteiger partial charge in [-0.1, -0.05) is 23.7 Å². The first-order valence-electron chi connectivity index (χ1n) is 6.56. The van der Waals surface area contributed by atoms with Crippen LogP contribution in [0.4, 0.5) is 0 Å². The molecule has 1 heterocycles. The number of halogens is 1. The zero-order chi connectivity index (χ0) is 15.0. The minimum atomic E-state index is -0.143. The highest BCUT2D eigenvalue weighted by Gasteiger charge is 2.10. The van der Waals surface area contributed by atoms with Gasteiger partial charge in [0.15, 0.2) is 0 Å². The first-order chi connectivity index (χ1) is 10.1. The molecule has 3 aromatic rings. The molecule has 3 rings (SSSR count). The topological polar surface area (TPSA) is 42.1 Å². The van der Waals surface area contributed by atoms with E-state index in [4.69, 9.17) is 16.3 Å². The fourth-order valence-corrected chi connectivity index (χ4v) is 2.76. The number of fused-ring (bicyclic) bond motifs is 1. The Morgan fingerprint density at radius 1 is 1.05 bits per heavy atom. The van der Waals surface area contributed by atoms with Crippen LogP contribution in [0.2, 0.25) is 5.02 Å². The summed E-state index contributed by atoms with van der Waals surface area (Å²) in [7, 11) is 1.58. The van der Waals surface area contributed by atoms with Gasteiger partial charge in [-0.25, -0.2) is 0 Å². The minimum absolute atomic E-state index is 0.143. The van der Waals surface area contributed by atoms with E-state index in [-0.39, 0.29) is 5.56 Å². The van der Waals surface area contributed by atoms with E-state index in [9.17, 15) is 4.79 Å². The quantitative estimate of drug-likeness (QED) is 0.772. The third-order valence-electron chi connectivity index (χ3n) is 3.52. The Labute approximate surface area is 127 Å². The Morgan fingerprint density at radius 3 is 2.57 bits per heavy atom. The number of methoxy groups -OCH3 is 1. The Kier molecular flexibility index (Phi) is 3.43. The highest BCUT2D eigenvalue weighted by molar-refractivity contribution is 6.33. The number of hydrogen-bond donors (Lipinski definition) is 1. The molecule has 0 saturated heterocycles. The smallest absolute Gasteiger partial charge is 0.255 e. The maximum Gasteiger partial charge on any atom is 0.255 e. The largest absolute Gasteiger partial charge is 0.497 e. The zero-order valence-electron chi connectivity index (χ0n) is 11.7. The Morgan fingerprint density at radius 2 is 1.86 bits per heavy atom. The third-order valence-corrected chi connectivity index (χ3v) is 3.84. The van der Waals surface area contributed by atoms with Crippen molar-refractivity contribution in [2.45, 2.75) is 6.92 Å². The van der Waals surface area contributed by atoms with Gasteiger partial charge in [-0.3, -0.25) is 4.79 Å². The summed E-state index contributed by atoms with van der Waals surface area (Å²) in [5.41, 5.74) is 2.75. The highest BCUT2D eigenvalue weighted by Crippen LogP contribution is 2.33. The predicted molar refractivity (Wildman–Crippen MR) is 86.3 cm³/mol. The van der Waals surface area contributed by atoms with E-state index in [2.05, 4.69) is 4.98 Å². The first kappa shape index (κ1) is 13.7. The summed E-state index contributed by atoms with van der Waals surface area (Å²) >= 11 is 6.35. The lowest BCUT2D eigenvalue weighted by atomic mass is 10.00. The van der Waals surface area contributed by atoms with Gasteiger partial charge in [0, 0.05) is 22.3 Å². The summed E-state index contributed by atoms with van der Waals surface area (Å²) in [5, 5.41) is 2.10. The fraction of sp³-hybridized carbons (Fsp3) is 0.118. The second kappa shape index (κ2) is 5.26. The molecule has 0 aliphatic heterocycles. The molecule has 0 amide bonds. The molecule has 0 unspecified atom stereocenters. The summed E-state index contributed by atoms with van der Waals surface area (Å²) in [6.45, 7) is 1.99. The molecule has 21 heavy (non-hydrogen) atoms. The molecular weight excluding hydrogens is 286 g/mol. The molecule has 106 valence electrons. The number of nitrogens with one attached hydrogen (secondary N) is 1. The summed E-state index contributed by atoms with van der Waals surface area (Å²) in [5.74, 6) is 0.653. The first-order valence-corrected chi connectivity index (χ1v) is 6.94. The summed E-state index contributed by atoms with van der Waals surface area (Å²) in [4.78, 5) is 14.8. The van der Waals surface area contributed by atoms with Crippen LogP contribution in [0.5, 0.6) is 5.75 Å². The SMILES string of the molecule is COc1ccc2c(-c3ccc(C)cc3Cl)c[nH]c(=O)c2c1. The van der Waals surface area contributed by atoms with Crippen molar-refractivity contribution >= 4 is 22.4 Å². The van der Waals surface area contributed by atoms with Gasteiger partial charge in [-0.15, -0.1) is 0 Å². The molecule has 0 bridgehead atoms. The number of hydrogen-bond acceptors (Lipinski definition) is 2. The van der Waals surface area contributed by atoms with Crippen molar-refractivity contribution in [1.29, 1.82) is 0 Å². The van der Waals surface area contributed by atoms with E-state index in [0.717, 1.165) is 22.1 Å². The van der Waals surface area contributed by atoms with Gasteiger partial charge in [-0.2, -0.15) is 0 Å². The van der Waals surface area contributed by atoms with Crippen LogP contribution in [0, 0.1) is 6.92 Å². The molecule has 0 saturated carbocycles. The van der Waals surface area contributed by atoms with Gasteiger partial charge >= 0.3 is 0 Å². The van der Waals surface area contributed by atoms with Gasteiger partial charge in [-0.05, 0) is 42.1 Å². The van der Waals surface area contributed by atoms with Gasteiger partial charge in [0.05, 0.1) is 12.5 Å². The average molecular weight is 300 g/mol. The van der Waals surface area contributed by atoms with E-state index in [1.54, 1.807) is 19.4 Å². The van der Waals surface area contributed by atoms with E-state index in [0.29, 0.717) is 16.2 Å². The number of benzene rings is 2. The summed E-state index contributed by atoms with van der Waals surface area (Å²) < 4.78 is 5.18. The van der Waals surface area contributed by atoms with Crippen molar-refractivity contribution in [3.05, 3.63) is 63.5 Å². The molecule has 1 N–H and O–H groups in total. The van der Waals surface area contributed by atoms with Crippen LogP contribution in [0.1, 0.15) is 5.56 Å². The normalized spacial score (nSPS) is 10.8. The van der Waals surface area contributed by atoms with E-state index in [1.165, 1.54) is 0 Å². The average Bonchev–Trinajstić information content (AvgIpc) is 2.48. The number of ether oxygens (including phenoxy) is 1. The van der Waals surface area contributed by atoms with Crippen LogP contribution >= 0.6 is 11.6 Å². The lowest BCUT2D eigenvalue weighted by Crippen LogP contribution is -2.06. The number of aromatic amines is 1. The summed E-state index contributed by atoms with van der Waals surface area (Å²) in [6.07, 6.45) is 1.70. The number of rotatable bonds is 2. The molecular formula is C17H14ClNO2. The fourth-order valence-electron chi connectivity index (χ4n) is 2.43. The maximum absolute atomic E-state index is 12.0. The van der Waals surface area contributed by atoms with Crippen molar-refractivity contribution in [3.8, 4) is 16.9 Å². The van der Waals surface area contributed by atoms with E-state index >= 15 is 0 Å². The van der Waals surface area contributed by atoms with Crippen LogP contribution in [0.15, 0.2) is 47.4 Å². The number of H-pyrrole nitrogens is 1. The monoisotopic (exact) mass is 299 g/mol. The van der Waals surface area contributed by atoms with Crippen LogP contribution < -0.4 is 10.3 Å². The Bertz CT molecular complexity index is 884. The Hall–Kier alpha value is -2.26. The predicted octanol–water partition coefficient (Wildman–Crippen LogP) is 4.17. The molecule has 0 spiro atoms. The number of pyridine rings is 1. The van der Waals surface area contributed by atoms with Crippen molar-refractivity contribution < 1.29 is 4.74 Å². The van der Waals surface area contributed by atoms with Gasteiger partial charge in [0.2, 0.25) is 0 Å². The molecule has 0 atom stereocenters. The third kappa shape index (κ3) is 2.41. The number of aryl methyl sites for hydroxylation is 1. The van der Waals surface area contributed by atoms with Crippen LogP contribution in [-0.4, -0.2) is 12.1 Å². The molecule has 4 heteroatoms. The molecule has 2 aromatic carbocycles. The van der Waals surface area contributed by atoms with Gasteiger partial charge < -0.3 is 9.72 Å². The van der Waals surface area contributed by atoms with Crippen molar-refractivity contribution in [3.63, 3.8) is 0 Å². The molecule has 0 fully saturated rings. The highest BCUT2D eigenvalue weighted by atomic mass is 35.5. The van der Waals surface area contributed by atoms with Crippen LogP contribution in [-0.2, 0) is 0 Å². The molecule has 1 aromatic heterocycles. The van der Waals surface area contributed by atoms with E-state index < -0.39 is 0 Å². The molecule has 3 nitrogen and oxygen atoms in total. The molecule has 0 radical (unpaired) electrons. The minimum Gasteiger partial charge on any atom is -0.497 e. The lowest BCUT2D eigenvalue weighted by Gasteiger charge is -2.10. The second-order valence-electron chi connectivity index (χ2n) is 4.93. The maximum atomic E-state index is 12.0. The van der Waals surface area contributed by atoms with Gasteiger partial charge in [0.1, 0.15) is 5.75 Å². The lowest BCUT2D eigenvalue weighted by molar-refractivity contribution is 0.415. The Balaban J connectivity index is 2.33. The second-order valence-corrected chi connectivity index (χ2v) is 5.33. The standard InChI is InChI=1S/C17H14ClNO2/c1-10-3-5-13(16(18)7-10)15-9-19-17(20)14-8-11(21-2)4-6-12(14)15/h3-9H,1-2H3,(H,19,20). The number of aromatic nitrogens is 1. The van der Waals surface area contributed by atoms with Gasteiger partial charge in [0.25, 0.3) is 5.56 Å². The van der Waals surface area contributed by atoms with Crippen molar-refractivity contribution in [2.24, 2.45) is 0 Å². The van der Waals surface area contributed by atoms with Crippen LogP contribution in [0.25, 0.3) is 21.9 Å². The zero-order valence-corrected chi connectivity index (χ0v) is 12.5. The van der Waals surface area contributed by atoms with Crippen LogP contribution in [0.3, 0.4) is 0 Å². The molecule has 0 aliphatic rings. The van der Waals surface area contributed by atoms with Crippen molar-refractivity contribution in [2.75, 3.05) is 7.11 Å². The van der Waals surface area contributed by atoms with E-state index in [1.807, 2.05) is 37.3 Å². The summed E-state index contributed by atoms with van der Waals surface area (Å²) in [6, 6.07) is 11.3. The van der Waals surface area contributed by atoms with Crippen molar-refractivity contribution in [1.82, 2.24) is 4.98 Å². The molecule has 0 aliphatic carbocycles.